The number of hydrogen-bond donors (Lipinski definition) is 0. The van der Waals surface area contributed by atoms with Gasteiger partial charge in [0.25, 0.3) is 0 Å². The number of benzene rings is 10. The Hall–Kier alpha value is -8.67. The minimum atomic E-state index is 0.509. The van der Waals surface area contributed by atoms with Gasteiger partial charge in [-0.1, -0.05) is 188 Å². The Morgan fingerprint density at radius 1 is 0.234 bits per heavy atom. The Balaban J connectivity index is 1.09. The van der Waals surface area contributed by atoms with Gasteiger partial charge in [0.15, 0.2) is 17.5 Å². The average molecular weight is 818 g/mol. The monoisotopic (exact) mass is 817 g/mol. The van der Waals surface area contributed by atoms with Crippen molar-refractivity contribution >= 4 is 65.4 Å². The summed E-state index contributed by atoms with van der Waals surface area (Å²) >= 11 is 0. The van der Waals surface area contributed by atoms with Crippen LogP contribution in [0.25, 0.3) is 133 Å². The van der Waals surface area contributed by atoms with E-state index in [0.717, 1.165) is 82.5 Å². The minimum Gasteiger partial charge on any atom is -0.455 e. The van der Waals surface area contributed by atoms with Crippen LogP contribution in [0, 0.1) is 0 Å². The molecular weight excluding hydrogens is 783 g/mol. The van der Waals surface area contributed by atoms with Gasteiger partial charge in [-0.3, -0.25) is 0 Å². The summed E-state index contributed by atoms with van der Waals surface area (Å²) in [6.07, 6.45) is 0. The molecule has 0 unspecified atom stereocenters. The van der Waals surface area contributed by atoms with E-state index in [2.05, 4.69) is 152 Å². The van der Waals surface area contributed by atoms with Gasteiger partial charge in [0.2, 0.25) is 0 Å². The molecule has 0 spiro atoms. The molecule has 298 valence electrons. The predicted octanol–water partition coefficient (Wildman–Crippen LogP) is 16.0. The zero-order chi connectivity index (χ0) is 42.1. The van der Waals surface area contributed by atoms with E-state index in [1.54, 1.807) is 0 Å². The summed E-state index contributed by atoms with van der Waals surface area (Å²) in [6, 6.07) is 74.1. The van der Waals surface area contributed by atoms with Crippen LogP contribution in [0.15, 0.2) is 221 Å². The Bertz CT molecular complexity index is 3790. The molecule has 5 heteroatoms. The lowest BCUT2D eigenvalue weighted by atomic mass is 9.83. The van der Waals surface area contributed by atoms with Crippen molar-refractivity contribution in [2.45, 2.75) is 0 Å². The SMILES string of the molecule is c1ccc(-c2ccccc2-c2c3ccccc3c(-c3ccccc3-c3nc(-c4cccc5c4oc4ccccc45)nc(-c4cccc5c4oc4ccccc45)n3)c3ccccc23)cc1. The minimum absolute atomic E-state index is 0.509. The predicted molar refractivity (Wildman–Crippen MR) is 262 cm³/mol. The number of para-hydroxylation sites is 4. The first-order valence-corrected chi connectivity index (χ1v) is 21.5. The van der Waals surface area contributed by atoms with Crippen molar-refractivity contribution in [2.24, 2.45) is 0 Å². The number of furan rings is 2. The van der Waals surface area contributed by atoms with Gasteiger partial charge in [0, 0.05) is 27.1 Å². The summed E-state index contributed by atoms with van der Waals surface area (Å²) in [5.74, 6) is 1.56. The molecule has 10 aromatic carbocycles. The van der Waals surface area contributed by atoms with Gasteiger partial charge in [-0.25, -0.2) is 15.0 Å². The third-order valence-electron chi connectivity index (χ3n) is 12.6. The molecule has 5 nitrogen and oxygen atoms in total. The van der Waals surface area contributed by atoms with E-state index in [1.165, 1.54) is 33.0 Å². The molecule has 0 N–H and O–H groups in total. The second kappa shape index (κ2) is 14.5. The molecule has 3 heterocycles. The number of nitrogens with zero attached hydrogens (tertiary/aromatic N) is 3. The lowest BCUT2D eigenvalue weighted by molar-refractivity contribution is 0.669. The summed E-state index contributed by atoms with van der Waals surface area (Å²) in [7, 11) is 0. The second-order valence-electron chi connectivity index (χ2n) is 16.2. The first-order valence-electron chi connectivity index (χ1n) is 21.5. The highest BCUT2D eigenvalue weighted by Gasteiger charge is 2.24. The van der Waals surface area contributed by atoms with Gasteiger partial charge >= 0.3 is 0 Å². The van der Waals surface area contributed by atoms with E-state index >= 15 is 0 Å². The third kappa shape index (κ3) is 5.61. The van der Waals surface area contributed by atoms with Crippen LogP contribution in [-0.4, -0.2) is 15.0 Å². The third-order valence-corrected chi connectivity index (χ3v) is 12.6. The molecular formula is C59H35N3O2. The van der Waals surface area contributed by atoms with E-state index in [-0.39, 0.29) is 0 Å². The quantitative estimate of drug-likeness (QED) is 0.156. The maximum atomic E-state index is 6.59. The molecule has 0 radical (unpaired) electrons. The van der Waals surface area contributed by atoms with Crippen molar-refractivity contribution in [1.82, 2.24) is 15.0 Å². The molecule has 0 aliphatic carbocycles. The Kier molecular flexibility index (Phi) is 8.15. The first-order chi connectivity index (χ1) is 31.8. The number of rotatable bonds is 6. The van der Waals surface area contributed by atoms with Crippen molar-refractivity contribution in [1.29, 1.82) is 0 Å². The second-order valence-corrected chi connectivity index (χ2v) is 16.2. The van der Waals surface area contributed by atoms with Gasteiger partial charge in [-0.15, -0.1) is 0 Å². The molecule has 0 aliphatic rings. The fourth-order valence-electron chi connectivity index (χ4n) is 9.76. The number of fused-ring (bicyclic) bond motifs is 8. The average Bonchev–Trinajstić information content (AvgIpc) is 3.95. The molecule has 0 amide bonds. The maximum Gasteiger partial charge on any atom is 0.167 e. The molecule has 0 atom stereocenters. The summed E-state index contributed by atoms with van der Waals surface area (Å²) in [6.45, 7) is 0. The van der Waals surface area contributed by atoms with Gasteiger partial charge < -0.3 is 8.83 Å². The molecule has 0 saturated carbocycles. The standard InChI is InChI=1S/C59H35N3O2/c1-2-18-36(19-3-1)37-20-4-5-23-40(37)53-41-24-6-8-26-43(41)54(44-27-9-7-25-42(44)53)45-28-10-11-29-48(45)57-60-58(49-32-16-30-46-38-21-12-14-34-51(38)63-55(46)49)62-59(61-57)50-33-17-31-47-39-22-13-15-35-52(39)64-56(47)50/h1-35H. The van der Waals surface area contributed by atoms with Crippen LogP contribution in [0.3, 0.4) is 0 Å². The van der Waals surface area contributed by atoms with Crippen molar-refractivity contribution < 1.29 is 8.83 Å². The fourth-order valence-corrected chi connectivity index (χ4v) is 9.76. The number of hydrogen-bond acceptors (Lipinski definition) is 5. The topological polar surface area (TPSA) is 65.0 Å². The number of aromatic nitrogens is 3. The summed E-state index contributed by atoms with van der Waals surface area (Å²) < 4.78 is 13.2. The van der Waals surface area contributed by atoms with Gasteiger partial charge in [0.1, 0.15) is 22.3 Å². The smallest absolute Gasteiger partial charge is 0.167 e. The molecule has 64 heavy (non-hydrogen) atoms. The Morgan fingerprint density at radius 2 is 0.562 bits per heavy atom. The van der Waals surface area contributed by atoms with Crippen LogP contribution < -0.4 is 0 Å². The summed E-state index contributed by atoms with van der Waals surface area (Å²) in [4.78, 5) is 16.1. The van der Waals surface area contributed by atoms with Crippen LogP contribution in [0.2, 0.25) is 0 Å². The van der Waals surface area contributed by atoms with Crippen molar-refractivity contribution in [3.05, 3.63) is 212 Å². The lowest BCUT2D eigenvalue weighted by Crippen LogP contribution is -2.02. The lowest BCUT2D eigenvalue weighted by Gasteiger charge is -2.21. The van der Waals surface area contributed by atoms with Crippen LogP contribution in [-0.2, 0) is 0 Å². The maximum absolute atomic E-state index is 6.59. The molecule has 3 aromatic heterocycles. The molecule has 0 fully saturated rings. The molecule has 13 aromatic rings. The van der Waals surface area contributed by atoms with Crippen LogP contribution >= 0.6 is 0 Å². The highest BCUT2D eigenvalue weighted by atomic mass is 16.3. The summed E-state index contributed by atoms with van der Waals surface area (Å²) in [5, 5.41) is 8.70. The highest BCUT2D eigenvalue weighted by molar-refractivity contribution is 6.23. The van der Waals surface area contributed by atoms with E-state index in [0.29, 0.717) is 17.5 Å². The normalized spacial score (nSPS) is 11.8. The zero-order valence-corrected chi connectivity index (χ0v) is 34.4. The molecule has 0 saturated heterocycles. The van der Waals surface area contributed by atoms with Gasteiger partial charge in [-0.05, 0) is 79.2 Å². The highest BCUT2D eigenvalue weighted by Crippen LogP contribution is 2.48. The van der Waals surface area contributed by atoms with E-state index in [9.17, 15) is 0 Å². The largest absolute Gasteiger partial charge is 0.455 e. The van der Waals surface area contributed by atoms with Crippen LogP contribution in [0.5, 0.6) is 0 Å². The molecule has 13 rings (SSSR count). The van der Waals surface area contributed by atoms with Crippen LogP contribution in [0.4, 0.5) is 0 Å². The van der Waals surface area contributed by atoms with Gasteiger partial charge in [0.05, 0.1) is 11.1 Å². The van der Waals surface area contributed by atoms with E-state index in [4.69, 9.17) is 23.8 Å². The summed E-state index contributed by atoms with van der Waals surface area (Å²) in [5.41, 5.74) is 12.4. The Labute approximate surface area is 367 Å². The molecule has 0 aliphatic heterocycles. The van der Waals surface area contributed by atoms with E-state index in [1.807, 2.05) is 60.7 Å². The first kappa shape index (κ1) is 36.0. The van der Waals surface area contributed by atoms with Crippen molar-refractivity contribution in [2.75, 3.05) is 0 Å². The van der Waals surface area contributed by atoms with Gasteiger partial charge in [-0.2, -0.15) is 0 Å². The fraction of sp³-hybridized carbons (Fsp3) is 0. The Morgan fingerprint density at radius 3 is 1.05 bits per heavy atom. The van der Waals surface area contributed by atoms with Crippen molar-refractivity contribution in [3.8, 4) is 67.5 Å². The zero-order valence-electron chi connectivity index (χ0n) is 34.4. The molecule has 0 bridgehead atoms. The van der Waals surface area contributed by atoms with Crippen molar-refractivity contribution in [3.63, 3.8) is 0 Å². The van der Waals surface area contributed by atoms with Crippen LogP contribution in [0.1, 0.15) is 0 Å². The van der Waals surface area contributed by atoms with E-state index < -0.39 is 0 Å².